The summed E-state index contributed by atoms with van der Waals surface area (Å²) in [6.45, 7) is 3.85. The lowest BCUT2D eigenvalue weighted by atomic mass is 10.1. The zero-order valence-electron chi connectivity index (χ0n) is 9.71. The molecule has 90 valence electrons. The highest BCUT2D eigenvalue weighted by Crippen LogP contribution is 2.21. The van der Waals surface area contributed by atoms with Gasteiger partial charge in [-0.15, -0.1) is 0 Å². The van der Waals surface area contributed by atoms with Gasteiger partial charge in [-0.3, -0.25) is 0 Å². The molecule has 1 aromatic carbocycles. The number of benzene rings is 1. The van der Waals surface area contributed by atoms with Crippen LogP contribution in [0.25, 0.3) is 0 Å². The average Bonchev–Trinajstić information content (AvgIpc) is 2.15. The van der Waals surface area contributed by atoms with Crippen LogP contribution < -0.4 is 5.73 Å². The van der Waals surface area contributed by atoms with Crippen LogP contribution in [-0.4, -0.2) is 31.1 Å². The van der Waals surface area contributed by atoms with E-state index in [1.165, 1.54) is 0 Å². The Morgan fingerprint density at radius 3 is 2.62 bits per heavy atom. The first-order valence-electron chi connectivity index (χ1n) is 5.37. The second-order valence-electron chi connectivity index (χ2n) is 4.23. The fourth-order valence-electron chi connectivity index (χ4n) is 1.62. The van der Waals surface area contributed by atoms with E-state index in [-0.39, 0.29) is 6.04 Å². The Hall–Kier alpha value is -0.280. The SMILES string of the molecule is CC(N)CN(C)CCc1ccc(Cl)cc1Cl. The van der Waals surface area contributed by atoms with E-state index in [9.17, 15) is 0 Å². The summed E-state index contributed by atoms with van der Waals surface area (Å²) in [5.74, 6) is 0. The van der Waals surface area contributed by atoms with Crippen molar-refractivity contribution in [2.45, 2.75) is 19.4 Å². The maximum Gasteiger partial charge on any atom is 0.0453 e. The van der Waals surface area contributed by atoms with Gasteiger partial charge < -0.3 is 10.6 Å². The number of likely N-dealkylation sites (N-methyl/N-ethyl adjacent to an activating group) is 1. The van der Waals surface area contributed by atoms with Gasteiger partial charge in [-0.25, -0.2) is 0 Å². The Kier molecular flexibility index (Phi) is 5.56. The first kappa shape index (κ1) is 13.8. The molecule has 1 unspecified atom stereocenters. The van der Waals surface area contributed by atoms with Gasteiger partial charge in [-0.05, 0) is 38.1 Å². The number of halogens is 2. The zero-order chi connectivity index (χ0) is 12.1. The van der Waals surface area contributed by atoms with Crippen LogP contribution in [0.2, 0.25) is 10.0 Å². The van der Waals surface area contributed by atoms with E-state index < -0.39 is 0 Å². The Morgan fingerprint density at radius 2 is 2.06 bits per heavy atom. The van der Waals surface area contributed by atoms with E-state index in [0.717, 1.165) is 30.1 Å². The molecule has 0 aliphatic carbocycles. The minimum atomic E-state index is 0.200. The molecule has 2 nitrogen and oxygen atoms in total. The summed E-state index contributed by atoms with van der Waals surface area (Å²) in [5, 5.41) is 1.42. The van der Waals surface area contributed by atoms with Crippen LogP contribution in [0.3, 0.4) is 0 Å². The average molecular weight is 261 g/mol. The maximum absolute atomic E-state index is 6.09. The first-order valence-corrected chi connectivity index (χ1v) is 6.12. The molecule has 0 radical (unpaired) electrons. The van der Waals surface area contributed by atoms with Gasteiger partial charge in [0, 0.05) is 29.2 Å². The standard InChI is InChI=1S/C12H18Cl2N2/c1-9(15)8-16(2)6-5-10-3-4-11(13)7-12(10)14/h3-4,7,9H,5-6,8,15H2,1-2H3. The molecule has 0 aliphatic rings. The van der Waals surface area contributed by atoms with E-state index in [1.807, 2.05) is 19.1 Å². The smallest absolute Gasteiger partial charge is 0.0453 e. The molecule has 0 aromatic heterocycles. The van der Waals surface area contributed by atoms with Crippen LogP contribution >= 0.6 is 23.2 Å². The molecule has 0 spiro atoms. The van der Waals surface area contributed by atoms with Gasteiger partial charge in [-0.1, -0.05) is 29.3 Å². The van der Waals surface area contributed by atoms with Crippen molar-refractivity contribution in [1.82, 2.24) is 4.90 Å². The first-order chi connectivity index (χ1) is 7.49. The van der Waals surface area contributed by atoms with Crippen molar-refractivity contribution in [2.24, 2.45) is 5.73 Å². The topological polar surface area (TPSA) is 29.3 Å². The van der Waals surface area contributed by atoms with Crippen LogP contribution in [0.4, 0.5) is 0 Å². The van der Waals surface area contributed by atoms with Gasteiger partial charge in [0.15, 0.2) is 0 Å². The zero-order valence-corrected chi connectivity index (χ0v) is 11.2. The number of nitrogens with two attached hydrogens (primary N) is 1. The van der Waals surface area contributed by atoms with Crippen LogP contribution in [0.5, 0.6) is 0 Å². The molecule has 0 fully saturated rings. The minimum absolute atomic E-state index is 0.200. The molecular weight excluding hydrogens is 243 g/mol. The van der Waals surface area contributed by atoms with Gasteiger partial charge >= 0.3 is 0 Å². The molecule has 0 heterocycles. The molecule has 0 aliphatic heterocycles. The number of nitrogens with zero attached hydrogens (tertiary/aromatic N) is 1. The van der Waals surface area contributed by atoms with E-state index in [4.69, 9.17) is 28.9 Å². The molecule has 0 saturated carbocycles. The lowest BCUT2D eigenvalue weighted by Gasteiger charge is -2.19. The summed E-state index contributed by atoms with van der Waals surface area (Å²) >= 11 is 11.9. The van der Waals surface area contributed by atoms with E-state index >= 15 is 0 Å². The van der Waals surface area contributed by atoms with Gasteiger partial charge in [0.25, 0.3) is 0 Å². The normalized spacial score (nSPS) is 13.1. The Labute approximate surface area is 107 Å². The third kappa shape index (κ3) is 4.71. The summed E-state index contributed by atoms with van der Waals surface area (Å²) in [6.07, 6.45) is 0.916. The fraction of sp³-hybridized carbons (Fsp3) is 0.500. The molecule has 1 atom stereocenters. The fourth-order valence-corrected chi connectivity index (χ4v) is 2.12. The van der Waals surface area contributed by atoms with Crippen molar-refractivity contribution >= 4 is 23.2 Å². The van der Waals surface area contributed by atoms with Crippen molar-refractivity contribution in [3.05, 3.63) is 33.8 Å². The van der Waals surface area contributed by atoms with Crippen molar-refractivity contribution in [2.75, 3.05) is 20.1 Å². The van der Waals surface area contributed by atoms with Crippen molar-refractivity contribution in [3.63, 3.8) is 0 Å². The quantitative estimate of drug-likeness (QED) is 0.883. The van der Waals surface area contributed by atoms with E-state index in [0.29, 0.717) is 5.02 Å². The van der Waals surface area contributed by atoms with Crippen LogP contribution in [0.1, 0.15) is 12.5 Å². The van der Waals surface area contributed by atoms with Crippen molar-refractivity contribution in [3.8, 4) is 0 Å². The van der Waals surface area contributed by atoms with Crippen molar-refractivity contribution < 1.29 is 0 Å². The largest absolute Gasteiger partial charge is 0.327 e. The number of hydrogen-bond acceptors (Lipinski definition) is 2. The summed E-state index contributed by atoms with van der Waals surface area (Å²) in [7, 11) is 2.06. The maximum atomic E-state index is 6.09. The molecule has 4 heteroatoms. The number of rotatable bonds is 5. The third-order valence-electron chi connectivity index (χ3n) is 2.38. The molecule has 1 aromatic rings. The molecule has 2 N–H and O–H groups in total. The van der Waals surface area contributed by atoms with Gasteiger partial charge in [-0.2, -0.15) is 0 Å². The second kappa shape index (κ2) is 6.45. The molecule has 0 bridgehead atoms. The summed E-state index contributed by atoms with van der Waals surface area (Å²) in [5.41, 5.74) is 6.85. The highest BCUT2D eigenvalue weighted by molar-refractivity contribution is 6.35. The van der Waals surface area contributed by atoms with Crippen LogP contribution in [0.15, 0.2) is 18.2 Å². The van der Waals surface area contributed by atoms with Gasteiger partial charge in [0.2, 0.25) is 0 Å². The molecule has 16 heavy (non-hydrogen) atoms. The lowest BCUT2D eigenvalue weighted by molar-refractivity contribution is 0.321. The van der Waals surface area contributed by atoms with Gasteiger partial charge in [0.05, 0.1) is 0 Å². The summed E-state index contributed by atoms with van der Waals surface area (Å²) in [6, 6.07) is 5.83. The second-order valence-corrected chi connectivity index (χ2v) is 5.07. The Bertz CT molecular complexity index is 340. The number of hydrogen-bond donors (Lipinski definition) is 1. The molecular formula is C12H18Cl2N2. The highest BCUT2D eigenvalue weighted by Gasteiger charge is 2.05. The predicted octanol–water partition coefficient (Wildman–Crippen LogP) is 2.81. The third-order valence-corrected chi connectivity index (χ3v) is 2.96. The Balaban J connectivity index is 2.48. The van der Waals surface area contributed by atoms with Crippen LogP contribution in [0, 0.1) is 0 Å². The monoisotopic (exact) mass is 260 g/mol. The van der Waals surface area contributed by atoms with Gasteiger partial charge in [0.1, 0.15) is 0 Å². The summed E-state index contributed by atoms with van der Waals surface area (Å²) < 4.78 is 0. The lowest BCUT2D eigenvalue weighted by Crippen LogP contribution is -2.34. The Morgan fingerprint density at radius 1 is 1.38 bits per heavy atom. The molecule has 0 saturated heterocycles. The molecule has 0 amide bonds. The van der Waals surface area contributed by atoms with E-state index in [1.54, 1.807) is 6.07 Å². The summed E-state index contributed by atoms with van der Waals surface area (Å²) in [4.78, 5) is 2.20. The van der Waals surface area contributed by atoms with Crippen molar-refractivity contribution in [1.29, 1.82) is 0 Å². The molecule has 1 rings (SSSR count). The minimum Gasteiger partial charge on any atom is -0.327 e. The predicted molar refractivity (Wildman–Crippen MR) is 71.3 cm³/mol. The van der Waals surface area contributed by atoms with E-state index in [2.05, 4.69) is 11.9 Å². The highest BCUT2D eigenvalue weighted by atomic mass is 35.5. The van der Waals surface area contributed by atoms with Crippen LogP contribution in [-0.2, 0) is 6.42 Å².